The van der Waals surface area contributed by atoms with Crippen molar-refractivity contribution in [3.8, 4) is 0 Å². The Morgan fingerprint density at radius 3 is 1.66 bits per heavy atom. The van der Waals surface area contributed by atoms with Crippen molar-refractivity contribution in [3.05, 3.63) is 59.7 Å². The number of rotatable bonds is 13. The number of hydrogen-bond donors (Lipinski definition) is 4. The van der Waals surface area contributed by atoms with Crippen molar-refractivity contribution < 1.29 is 60.3 Å². The number of amides is 4. The molecule has 4 N–H and O–H groups in total. The molecular weight excluding hydrogens is 785 g/mol. The molecule has 3 fully saturated rings. The number of hydrogen-bond acceptors (Lipinski definition) is 17. The molecule has 2 unspecified atom stereocenters. The molecule has 0 saturated carbocycles. The topological polar surface area (TPSA) is 260 Å². The summed E-state index contributed by atoms with van der Waals surface area (Å²) in [5.41, 5.74) is 2.08. The summed E-state index contributed by atoms with van der Waals surface area (Å²) < 4.78 is 51.1. The fourth-order valence-electron chi connectivity index (χ4n) is 5.88. The lowest BCUT2D eigenvalue weighted by atomic mass is 10.1. The highest BCUT2D eigenvalue weighted by atomic mass is 32.2. The van der Waals surface area contributed by atoms with Crippen molar-refractivity contribution in [3.63, 3.8) is 0 Å². The lowest BCUT2D eigenvalue weighted by Crippen LogP contribution is -2.49. The first-order chi connectivity index (χ1) is 27.6. The van der Waals surface area contributed by atoms with Gasteiger partial charge in [0.15, 0.2) is 0 Å². The number of carbonyl (C=O) groups is 5. The zero-order valence-electron chi connectivity index (χ0n) is 32.6. The summed E-state index contributed by atoms with van der Waals surface area (Å²) >= 11 is 0. The van der Waals surface area contributed by atoms with E-state index in [4.69, 9.17) is 25.0 Å². The lowest BCUT2D eigenvalue weighted by Gasteiger charge is -2.35. The Labute approximate surface area is 335 Å². The molecule has 0 aromatic heterocycles. The van der Waals surface area contributed by atoms with E-state index in [1.54, 1.807) is 60.4 Å². The number of methoxy groups -OCH3 is 2. The van der Waals surface area contributed by atoms with E-state index in [9.17, 15) is 32.4 Å². The number of benzene rings is 2. The van der Waals surface area contributed by atoms with Gasteiger partial charge in [0.1, 0.15) is 30.5 Å². The highest BCUT2D eigenvalue weighted by Crippen LogP contribution is 2.24. The minimum atomic E-state index is -3.62. The van der Waals surface area contributed by atoms with E-state index < -0.39 is 40.6 Å². The average molecular weight is 833 g/mol. The van der Waals surface area contributed by atoms with Gasteiger partial charge in [-0.2, -0.15) is 8.42 Å². The van der Waals surface area contributed by atoms with Crippen LogP contribution in [-0.4, -0.2) is 158 Å². The zero-order chi connectivity index (χ0) is 42.4. The first-order valence-electron chi connectivity index (χ1n) is 18.1. The van der Waals surface area contributed by atoms with Crippen LogP contribution in [0.2, 0.25) is 0 Å². The van der Waals surface area contributed by atoms with Crippen LogP contribution in [0.15, 0.2) is 48.5 Å². The van der Waals surface area contributed by atoms with Crippen LogP contribution >= 0.6 is 0 Å². The van der Waals surface area contributed by atoms with Crippen LogP contribution in [0.4, 0.5) is 30.6 Å². The summed E-state index contributed by atoms with van der Waals surface area (Å²) in [6.45, 7) is 7.29. The maximum atomic E-state index is 12.4. The summed E-state index contributed by atoms with van der Waals surface area (Å²) in [6, 6.07) is 13.0. The first-order valence-corrected chi connectivity index (χ1v) is 19.9. The van der Waals surface area contributed by atoms with E-state index in [0.29, 0.717) is 55.2 Å². The van der Waals surface area contributed by atoms with Crippen LogP contribution in [0.1, 0.15) is 24.5 Å². The molecule has 0 bridgehead atoms. The van der Waals surface area contributed by atoms with Gasteiger partial charge in [-0.05, 0) is 55.5 Å². The first kappa shape index (κ1) is 44.9. The molecule has 5 rings (SSSR count). The fraction of sp³-hybridized carbons (Fsp3) is 0.472. The number of nitrogens with zero attached hydrogens (tertiary/aromatic N) is 4. The van der Waals surface area contributed by atoms with E-state index in [2.05, 4.69) is 34.1 Å². The molecular formula is C36H48N8O13S. The third-order valence-corrected chi connectivity index (χ3v) is 9.40. The second-order valence-electron chi connectivity index (χ2n) is 13.0. The Bertz CT molecular complexity index is 1910. The largest absolute Gasteiger partial charge is 0.466 e. The molecule has 3 aliphatic heterocycles. The molecule has 2 atom stereocenters. The molecule has 3 heterocycles. The summed E-state index contributed by atoms with van der Waals surface area (Å²) in [5, 5.41) is 20.2. The smallest absolute Gasteiger partial charge is 0.414 e. The Morgan fingerprint density at radius 1 is 0.759 bits per heavy atom. The molecule has 0 radical (unpaired) electrons. The van der Waals surface area contributed by atoms with Gasteiger partial charge >= 0.3 is 30.3 Å². The van der Waals surface area contributed by atoms with Crippen LogP contribution in [0.5, 0.6) is 0 Å². The molecule has 22 heteroatoms. The molecule has 21 nitrogen and oxygen atoms in total. The van der Waals surface area contributed by atoms with Crippen molar-refractivity contribution in [2.75, 3.05) is 95.8 Å². The standard InChI is InChI=1S/C22H31N5O6.C14H17N3O7S/c1-3-32-19(28)8-9-25-10-12-26(13-11-25)14-18-15-27(22(30)33-18)17-6-4-16(5-7-17)20(23)24-21(29)31-2;1-22-13(18)16-12(15)9-3-5-10(6-4-9)17-7-11(24-14(17)19)8-23-25(2,20)21/h4-7,18H,3,8-15H2,1-2H3,(H2,23,24,29);3-6,11H,7-8H2,1-2H3,(H2,15,16,18). The minimum absolute atomic E-state index is 0.0864. The van der Waals surface area contributed by atoms with E-state index >= 15 is 0 Å². The molecule has 2 aromatic rings. The maximum absolute atomic E-state index is 12.4. The number of esters is 1. The number of nitrogens with one attached hydrogen (secondary N) is 4. The van der Waals surface area contributed by atoms with E-state index in [-0.39, 0.29) is 36.9 Å². The summed E-state index contributed by atoms with van der Waals surface area (Å²) in [7, 11) is -1.20. The SMILES string of the molecule is CCOC(=O)CCN1CCN(CC2CN(c3ccc(C(=N)NC(=O)OC)cc3)C(=O)O2)CC1.COC(=O)NC(=N)c1ccc(N2CC(COS(C)(=O)=O)OC2=O)cc1. The van der Waals surface area contributed by atoms with Gasteiger partial charge in [0.25, 0.3) is 10.1 Å². The molecule has 316 valence electrons. The third-order valence-electron chi connectivity index (χ3n) is 8.84. The Kier molecular flexibility index (Phi) is 16.3. The van der Waals surface area contributed by atoms with Gasteiger partial charge in [0.05, 0.1) is 46.6 Å². The second-order valence-corrected chi connectivity index (χ2v) is 14.6. The van der Waals surface area contributed by atoms with E-state index in [1.165, 1.54) is 19.1 Å². The number of cyclic esters (lactones) is 2. The number of carbonyl (C=O) groups excluding carboxylic acids is 5. The van der Waals surface area contributed by atoms with Gasteiger partial charge in [-0.1, -0.05) is 0 Å². The molecule has 0 aliphatic carbocycles. The van der Waals surface area contributed by atoms with Crippen molar-refractivity contribution in [1.29, 1.82) is 10.8 Å². The lowest BCUT2D eigenvalue weighted by molar-refractivity contribution is -0.143. The van der Waals surface area contributed by atoms with E-state index in [1.807, 2.05) is 0 Å². The number of amidine groups is 2. The van der Waals surface area contributed by atoms with Crippen LogP contribution in [0.25, 0.3) is 0 Å². The fourth-order valence-corrected chi connectivity index (χ4v) is 6.28. The Morgan fingerprint density at radius 2 is 1.21 bits per heavy atom. The van der Waals surface area contributed by atoms with Gasteiger partial charge in [-0.25, -0.2) is 19.2 Å². The van der Waals surface area contributed by atoms with Gasteiger partial charge in [0, 0.05) is 61.8 Å². The third kappa shape index (κ3) is 13.7. The summed E-state index contributed by atoms with van der Waals surface area (Å²) in [5.74, 6) is -0.402. The minimum Gasteiger partial charge on any atom is -0.466 e. The monoisotopic (exact) mass is 832 g/mol. The highest BCUT2D eigenvalue weighted by molar-refractivity contribution is 7.85. The molecule has 3 saturated heterocycles. The molecule has 0 spiro atoms. The van der Waals surface area contributed by atoms with E-state index in [0.717, 1.165) is 32.4 Å². The molecule has 3 aliphatic rings. The van der Waals surface area contributed by atoms with Gasteiger partial charge < -0.3 is 28.6 Å². The highest BCUT2D eigenvalue weighted by Gasteiger charge is 2.35. The van der Waals surface area contributed by atoms with Crippen molar-refractivity contribution >= 4 is 63.5 Å². The van der Waals surface area contributed by atoms with Gasteiger partial charge in [0.2, 0.25) is 0 Å². The quantitative estimate of drug-likeness (QED) is 0.0739. The Hall–Kier alpha value is -5.84. The molecule has 4 amide bonds. The van der Waals surface area contributed by atoms with Gasteiger partial charge in [-0.15, -0.1) is 0 Å². The molecule has 58 heavy (non-hydrogen) atoms. The molecule has 2 aromatic carbocycles. The maximum Gasteiger partial charge on any atom is 0.414 e. The van der Waals surface area contributed by atoms with Crippen molar-refractivity contribution in [1.82, 2.24) is 20.4 Å². The number of anilines is 2. The predicted octanol–water partition coefficient (Wildman–Crippen LogP) is 1.93. The number of piperazine rings is 1. The average Bonchev–Trinajstić information content (AvgIpc) is 3.77. The summed E-state index contributed by atoms with van der Waals surface area (Å²) in [6.07, 6.45) is -2.12. The van der Waals surface area contributed by atoms with Crippen LogP contribution in [-0.2, 0) is 42.8 Å². The Balaban J connectivity index is 0.000000267. The number of ether oxygens (including phenoxy) is 5. The number of alkyl carbamates (subject to hydrolysis) is 2. The van der Waals surface area contributed by atoms with Crippen LogP contribution in [0, 0.1) is 10.8 Å². The normalized spacial score (nSPS) is 18.3. The zero-order valence-corrected chi connectivity index (χ0v) is 33.4. The van der Waals surface area contributed by atoms with Crippen LogP contribution < -0.4 is 20.4 Å². The van der Waals surface area contributed by atoms with Crippen molar-refractivity contribution in [2.45, 2.75) is 25.6 Å². The van der Waals surface area contributed by atoms with Gasteiger partial charge in [-0.3, -0.25) is 45.1 Å². The second kappa shape index (κ2) is 21.1. The predicted molar refractivity (Wildman–Crippen MR) is 208 cm³/mol. The summed E-state index contributed by atoms with van der Waals surface area (Å²) in [4.78, 5) is 65.6. The van der Waals surface area contributed by atoms with Crippen LogP contribution in [0.3, 0.4) is 0 Å². The van der Waals surface area contributed by atoms with Crippen molar-refractivity contribution in [2.24, 2.45) is 0 Å².